The molecule has 1 amide bonds. The van der Waals surface area contributed by atoms with Crippen LogP contribution in [-0.4, -0.2) is 48.0 Å². The lowest BCUT2D eigenvalue weighted by atomic mass is 9.96. The topological polar surface area (TPSA) is 70.6 Å². The zero-order valence-corrected chi connectivity index (χ0v) is 12.5. The van der Waals surface area contributed by atoms with E-state index in [4.69, 9.17) is 4.74 Å². The van der Waals surface area contributed by atoms with Crippen LogP contribution in [0.1, 0.15) is 47.0 Å². The number of carbonyl (C=O) groups excluding carboxylic acids is 1. The van der Waals surface area contributed by atoms with Gasteiger partial charge in [0.1, 0.15) is 5.60 Å². The van der Waals surface area contributed by atoms with Crippen molar-refractivity contribution in [1.29, 1.82) is 0 Å². The third kappa shape index (κ3) is 4.44. The summed E-state index contributed by atoms with van der Waals surface area (Å²) >= 11 is 0. The molecule has 19 heavy (non-hydrogen) atoms. The molecule has 3 atom stereocenters. The van der Waals surface area contributed by atoms with E-state index in [9.17, 15) is 9.90 Å². The minimum atomic E-state index is -0.858. The molecule has 1 aliphatic heterocycles. The Labute approximate surface area is 116 Å². The summed E-state index contributed by atoms with van der Waals surface area (Å²) in [6.45, 7) is 8.77. The van der Waals surface area contributed by atoms with Gasteiger partial charge in [0.05, 0.1) is 12.1 Å². The highest BCUT2D eigenvalue weighted by Gasteiger charge is 2.39. The average molecular weight is 272 g/mol. The number of amides is 1. The fourth-order valence-electron chi connectivity index (χ4n) is 2.24. The minimum Gasteiger partial charge on any atom is -0.386 e. The Morgan fingerprint density at radius 3 is 2.58 bits per heavy atom. The molecule has 0 spiro atoms. The van der Waals surface area contributed by atoms with Crippen LogP contribution in [0.25, 0.3) is 0 Å². The molecule has 5 nitrogen and oxygen atoms in total. The lowest BCUT2D eigenvalue weighted by Gasteiger charge is -2.28. The third-order valence-corrected chi connectivity index (χ3v) is 4.10. The maximum atomic E-state index is 12.0. The zero-order chi connectivity index (χ0) is 14.5. The molecule has 1 saturated heterocycles. The standard InChI is InChI=1S/C14H28N2O3/c1-5-12(6-2)16-13(17)10(3)15-9-14(18)7-8-19-11(14)4/h10-12,15,18H,5-9H2,1-4H3,(H,16,17). The molecule has 1 heterocycles. The molecule has 0 aromatic rings. The Bertz CT molecular complexity index is 294. The summed E-state index contributed by atoms with van der Waals surface area (Å²) in [5.74, 6) is -0.0103. The van der Waals surface area contributed by atoms with E-state index in [1.54, 1.807) is 0 Å². The third-order valence-electron chi connectivity index (χ3n) is 4.10. The maximum Gasteiger partial charge on any atom is 0.237 e. The Balaban J connectivity index is 2.38. The van der Waals surface area contributed by atoms with Crippen LogP contribution in [0.4, 0.5) is 0 Å². The van der Waals surface area contributed by atoms with E-state index >= 15 is 0 Å². The molecular formula is C14H28N2O3. The molecule has 0 aromatic carbocycles. The van der Waals surface area contributed by atoms with E-state index in [1.807, 2.05) is 13.8 Å². The SMILES string of the molecule is CCC(CC)NC(=O)C(C)NCC1(O)CCOC1C. The molecule has 3 unspecified atom stereocenters. The van der Waals surface area contributed by atoms with E-state index in [0.29, 0.717) is 19.6 Å². The number of rotatable bonds is 7. The van der Waals surface area contributed by atoms with Crippen molar-refractivity contribution in [1.82, 2.24) is 10.6 Å². The van der Waals surface area contributed by atoms with Gasteiger partial charge in [-0.25, -0.2) is 0 Å². The van der Waals surface area contributed by atoms with Gasteiger partial charge in [-0.1, -0.05) is 13.8 Å². The molecule has 1 rings (SSSR count). The summed E-state index contributed by atoms with van der Waals surface area (Å²) in [6.07, 6.45) is 2.30. The van der Waals surface area contributed by atoms with Gasteiger partial charge in [0.25, 0.3) is 0 Å². The van der Waals surface area contributed by atoms with Gasteiger partial charge in [-0.05, 0) is 26.7 Å². The van der Waals surface area contributed by atoms with Crippen LogP contribution in [0, 0.1) is 0 Å². The average Bonchev–Trinajstić information content (AvgIpc) is 2.73. The van der Waals surface area contributed by atoms with Crippen LogP contribution < -0.4 is 10.6 Å². The minimum absolute atomic E-state index is 0.0103. The Morgan fingerprint density at radius 2 is 2.11 bits per heavy atom. The van der Waals surface area contributed by atoms with Gasteiger partial charge in [0, 0.05) is 25.6 Å². The van der Waals surface area contributed by atoms with Crippen molar-refractivity contribution >= 4 is 5.91 Å². The fourth-order valence-corrected chi connectivity index (χ4v) is 2.24. The van der Waals surface area contributed by atoms with Gasteiger partial charge in [-0.15, -0.1) is 0 Å². The number of ether oxygens (including phenoxy) is 1. The number of carbonyl (C=O) groups is 1. The molecule has 0 bridgehead atoms. The molecule has 5 heteroatoms. The lowest BCUT2D eigenvalue weighted by molar-refractivity contribution is -0.124. The van der Waals surface area contributed by atoms with Gasteiger partial charge in [-0.3, -0.25) is 4.79 Å². The first-order valence-corrected chi connectivity index (χ1v) is 7.30. The molecule has 3 N–H and O–H groups in total. The monoisotopic (exact) mass is 272 g/mol. The first kappa shape index (κ1) is 16.4. The molecule has 112 valence electrons. The van der Waals surface area contributed by atoms with Gasteiger partial charge in [-0.2, -0.15) is 0 Å². The summed E-state index contributed by atoms with van der Waals surface area (Å²) in [5, 5.41) is 16.5. The number of hydrogen-bond acceptors (Lipinski definition) is 4. The van der Waals surface area contributed by atoms with Crippen LogP contribution in [-0.2, 0) is 9.53 Å². The largest absolute Gasteiger partial charge is 0.386 e. The predicted octanol–water partition coefficient (Wildman–Crippen LogP) is 0.809. The first-order chi connectivity index (χ1) is 8.92. The summed E-state index contributed by atoms with van der Waals surface area (Å²) < 4.78 is 5.37. The summed E-state index contributed by atoms with van der Waals surface area (Å²) in [5.41, 5.74) is -0.858. The molecule has 0 aromatic heterocycles. The molecule has 0 aliphatic carbocycles. The van der Waals surface area contributed by atoms with Crippen molar-refractivity contribution in [2.24, 2.45) is 0 Å². The van der Waals surface area contributed by atoms with Gasteiger partial charge in [0.15, 0.2) is 0 Å². The highest BCUT2D eigenvalue weighted by atomic mass is 16.5. The normalized spacial score (nSPS) is 28.6. The molecule has 0 radical (unpaired) electrons. The highest BCUT2D eigenvalue weighted by Crippen LogP contribution is 2.24. The van der Waals surface area contributed by atoms with Crippen molar-refractivity contribution in [3.63, 3.8) is 0 Å². The quantitative estimate of drug-likeness (QED) is 0.641. The number of nitrogens with one attached hydrogen (secondary N) is 2. The molecule has 1 fully saturated rings. The molecular weight excluding hydrogens is 244 g/mol. The lowest BCUT2D eigenvalue weighted by Crippen LogP contribution is -2.52. The van der Waals surface area contributed by atoms with Crippen LogP contribution in [0.5, 0.6) is 0 Å². The molecule has 1 aliphatic rings. The second kappa shape index (κ2) is 7.22. The van der Waals surface area contributed by atoms with E-state index in [2.05, 4.69) is 24.5 Å². The Morgan fingerprint density at radius 1 is 1.47 bits per heavy atom. The fraction of sp³-hybridized carbons (Fsp3) is 0.929. The van der Waals surface area contributed by atoms with Gasteiger partial charge >= 0.3 is 0 Å². The Hall–Kier alpha value is -0.650. The number of hydrogen-bond donors (Lipinski definition) is 3. The smallest absolute Gasteiger partial charge is 0.237 e. The molecule has 0 saturated carbocycles. The summed E-state index contributed by atoms with van der Waals surface area (Å²) in [7, 11) is 0. The van der Waals surface area contributed by atoms with Crippen LogP contribution in [0.3, 0.4) is 0 Å². The van der Waals surface area contributed by atoms with Crippen LogP contribution in [0.15, 0.2) is 0 Å². The van der Waals surface area contributed by atoms with Gasteiger partial charge < -0.3 is 20.5 Å². The predicted molar refractivity (Wildman–Crippen MR) is 75.0 cm³/mol. The summed E-state index contributed by atoms with van der Waals surface area (Å²) in [6, 6.07) is -0.0778. The van der Waals surface area contributed by atoms with Crippen LogP contribution in [0.2, 0.25) is 0 Å². The maximum absolute atomic E-state index is 12.0. The Kier molecular flexibility index (Phi) is 6.23. The van der Waals surface area contributed by atoms with Crippen molar-refractivity contribution in [2.45, 2.75) is 70.7 Å². The number of aliphatic hydroxyl groups is 1. The van der Waals surface area contributed by atoms with Crippen LogP contribution >= 0.6 is 0 Å². The van der Waals surface area contributed by atoms with Crippen molar-refractivity contribution in [2.75, 3.05) is 13.2 Å². The van der Waals surface area contributed by atoms with E-state index in [-0.39, 0.29) is 24.1 Å². The van der Waals surface area contributed by atoms with Crippen molar-refractivity contribution in [3.8, 4) is 0 Å². The van der Waals surface area contributed by atoms with Crippen molar-refractivity contribution in [3.05, 3.63) is 0 Å². The van der Waals surface area contributed by atoms with Crippen molar-refractivity contribution < 1.29 is 14.6 Å². The second-order valence-corrected chi connectivity index (χ2v) is 5.49. The second-order valence-electron chi connectivity index (χ2n) is 5.49. The highest BCUT2D eigenvalue weighted by molar-refractivity contribution is 5.81. The summed E-state index contributed by atoms with van der Waals surface area (Å²) in [4.78, 5) is 12.0. The first-order valence-electron chi connectivity index (χ1n) is 7.30. The zero-order valence-electron chi connectivity index (χ0n) is 12.5. The van der Waals surface area contributed by atoms with E-state index in [1.165, 1.54) is 0 Å². The van der Waals surface area contributed by atoms with E-state index < -0.39 is 5.60 Å². The van der Waals surface area contributed by atoms with E-state index in [0.717, 1.165) is 12.8 Å². The van der Waals surface area contributed by atoms with Gasteiger partial charge in [0.2, 0.25) is 5.91 Å².